The van der Waals surface area contributed by atoms with Gasteiger partial charge in [-0.1, -0.05) is 77.0 Å². The molecule has 3 rings (SSSR count). The van der Waals surface area contributed by atoms with Crippen LogP contribution in [0, 0.1) is 0 Å². The average Bonchev–Trinajstić information content (AvgIpc) is 3.97. The van der Waals surface area contributed by atoms with Gasteiger partial charge >= 0.3 is 17.9 Å². The van der Waals surface area contributed by atoms with E-state index in [1.54, 1.807) is 0 Å². The van der Waals surface area contributed by atoms with Crippen LogP contribution in [0.3, 0.4) is 0 Å². The second-order valence-corrected chi connectivity index (χ2v) is 13.5. The van der Waals surface area contributed by atoms with Gasteiger partial charge in [-0.3, -0.25) is 14.4 Å². The molecular weight excluding hydrogens is 576 g/mol. The third-order valence-corrected chi connectivity index (χ3v) is 9.28. The first-order valence-corrected chi connectivity index (χ1v) is 18.3. The van der Waals surface area contributed by atoms with Crippen molar-refractivity contribution in [1.29, 1.82) is 0 Å². The molecule has 0 bridgehead atoms. The Morgan fingerprint density at radius 3 is 1.09 bits per heavy atom. The number of ether oxygens (including phenoxy) is 6. The van der Waals surface area contributed by atoms with Crippen molar-refractivity contribution in [2.24, 2.45) is 0 Å². The summed E-state index contributed by atoms with van der Waals surface area (Å²) in [6, 6.07) is 0. The molecule has 3 saturated heterocycles. The zero-order valence-corrected chi connectivity index (χ0v) is 28.5. The summed E-state index contributed by atoms with van der Waals surface area (Å²) >= 11 is 0. The largest absolute Gasteiger partial charge is 0.462 e. The second-order valence-electron chi connectivity index (χ2n) is 13.5. The number of unbranched alkanes of at least 4 members (excludes halogenated alkanes) is 12. The van der Waals surface area contributed by atoms with E-state index in [0.717, 1.165) is 116 Å². The van der Waals surface area contributed by atoms with E-state index in [9.17, 15) is 14.4 Å². The molecule has 9 heteroatoms. The van der Waals surface area contributed by atoms with Crippen LogP contribution >= 0.6 is 0 Å². The van der Waals surface area contributed by atoms with E-state index in [-0.39, 0.29) is 31.1 Å². The van der Waals surface area contributed by atoms with Crippen molar-refractivity contribution in [1.82, 2.24) is 0 Å². The molecular formula is C36H62O9. The highest BCUT2D eigenvalue weighted by atomic mass is 16.6. The van der Waals surface area contributed by atoms with Crippen LogP contribution < -0.4 is 0 Å². The van der Waals surface area contributed by atoms with Crippen molar-refractivity contribution in [3.05, 3.63) is 0 Å². The molecule has 0 aliphatic carbocycles. The Kier molecular flexibility index (Phi) is 18.4. The lowest BCUT2D eigenvalue weighted by Gasteiger charge is -2.18. The van der Waals surface area contributed by atoms with Crippen LogP contribution in [0.2, 0.25) is 0 Å². The van der Waals surface area contributed by atoms with Gasteiger partial charge in [0.25, 0.3) is 0 Å². The summed E-state index contributed by atoms with van der Waals surface area (Å²) in [4.78, 5) is 37.3. The molecule has 3 aliphatic rings. The van der Waals surface area contributed by atoms with Gasteiger partial charge in [0.15, 0.2) is 6.10 Å². The molecule has 45 heavy (non-hydrogen) atoms. The van der Waals surface area contributed by atoms with E-state index in [0.29, 0.717) is 55.9 Å². The normalized spacial score (nSPS) is 25.4. The van der Waals surface area contributed by atoms with Crippen LogP contribution in [0.25, 0.3) is 0 Å². The fourth-order valence-corrected chi connectivity index (χ4v) is 5.91. The summed E-state index contributed by atoms with van der Waals surface area (Å²) in [6.07, 6.45) is 21.6. The molecule has 3 heterocycles. The van der Waals surface area contributed by atoms with Crippen molar-refractivity contribution >= 4 is 17.9 Å². The Morgan fingerprint density at radius 2 is 0.756 bits per heavy atom. The van der Waals surface area contributed by atoms with E-state index in [1.807, 2.05) is 0 Å². The summed E-state index contributed by atoms with van der Waals surface area (Å²) in [7, 11) is 0. The Balaban J connectivity index is 1.24. The molecule has 3 aliphatic heterocycles. The monoisotopic (exact) mass is 638 g/mol. The molecule has 0 N–H and O–H groups in total. The summed E-state index contributed by atoms with van der Waals surface area (Å²) in [5.74, 6) is -0.961. The Bertz CT molecular complexity index is 802. The highest BCUT2D eigenvalue weighted by Crippen LogP contribution is 2.28. The van der Waals surface area contributed by atoms with Crippen molar-refractivity contribution in [3.63, 3.8) is 0 Å². The number of esters is 3. The zero-order valence-electron chi connectivity index (χ0n) is 28.5. The van der Waals surface area contributed by atoms with Crippen LogP contribution in [0.1, 0.15) is 156 Å². The molecule has 3 unspecified atom stereocenters. The van der Waals surface area contributed by atoms with Crippen molar-refractivity contribution in [2.45, 2.75) is 198 Å². The minimum atomic E-state index is -0.787. The van der Waals surface area contributed by atoms with Gasteiger partial charge in [-0.15, -0.1) is 0 Å². The van der Waals surface area contributed by atoms with Crippen LogP contribution in [0.5, 0.6) is 0 Å². The number of epoxide rings is 3. The first-order chi connectivity index (χ1) is 21.8. The molecule has 0 amide bonds. The van der Waals surface area contributed by atoms with Crippen LogP contribution in [-0.2, 0) is 42.8 Å². The fourth-order valence-electron chi connectivity index (χ4n) is 5.91. The zero-order chi connectivity index (χ0) is 32.3. The van der Waals surface area contributed by atoms with Gasteiger partial charge < -0.3 is 28.4 Å². The molecule has 9 nitrogen and oxygen atoms in total. The molecule has 0 radical (unpaired) electrons. The number of carbonyl (C=O) groups is 3. The maximum absolute atomic E-state index is 12.6. The van der Waals surface area contributed by atoms with E-state index in [1.165, 1.54) is 0 Å². The minimum Gasteiger partial charge on any atom is -0.462 e. The van der Waals surface area contributed by atoms with E-state index < -0.39 is 6.10 Å². The van der Waals surface area contributed by atoms with Gasteiger partial charge in [0.1, 0.15) is 13.2 Å². The van der Waals surface area contributed by atoms with Gasteiger partial charge in [0, 0.05) is 19.3 Å². The predicted molar refractivity (Wildman–Crippen MR) is 172 cm³/mol. The third kappa shape index (κ3) is 18.9. The van der Waals surface area contributed by atoms with Crippen LogP contribution in [-0.4, -0.2) is 73.8 Å². The van der Waals surface area contributed by atoms with Crippen molar-refractivity contribution < 1.29 is 42.8 Å². The number of hydrogen-bond donors (Lipinski definition) is 0. The molecule has 6 atom stereocenters. The molecule has 260 valence electrons. The van der Waals surface area contributed by atoms with Crippen LogP contribution in [0.4, 0.5) is 0 Å². The summed E-state index contributed by atoms with van der Waals surface area (Å²) in [5, 5.41) is 0. The maximum Gasteiger partial charge on any atom is 0.306 e. The third-order valence-electron chi connectivity index (χ3n) is 9.28. The van der Waals surface area contributed by atoms with Gasteiger partial charge in [-0.25, -0.2) is 0 Å². The smallest absolute Gasteiger partial charge is 0.306 e. The molecule has 0 aromatic carbocycles. The standard InChI is InChI=1S/C36H62O9/c1-27-31(42-27)19-13-7-4-10-16-22-34(37)40-25-30(45-36(39)24-18-12-6-9-15-21-33-29(3)44-33)26-41-35(38)23-17-11-5-8-14-20-32-28(2)43-32/h27-33H,4-26H2,1-3H3/t27-,28-,29-,30?,31?,32?,33?/m0/s1. The first kappa shape index (κ1) is 37.7. The Morgan fingerprint density at radius 1 is 0.467 bits per heavy atom. The van der Waals surface area contributed by atoms with Crippen LogP contribution in [0.15, 0.2) is 0 Å². The minimum absolute atomic E-state index is 0.0948. The van der Waals surface area contributed by atoms with E-state index in [4.69, 9.17) is 28.4 Å². The lowest BCUT2D eigenvalue weighted by molar-refractivity contribution is -0.167. The first-order valence-electron chi connectivity index (χ1n) is 18.3. The van der Waals surface area contributed by atoms with Gasteiger partial charge in [-0.2, -0.15) is 0 Å². The summed E-state index contributed by atoms with van der Waals surface area (Å²) in [6.45, 7) is 6.14. The fraction of sp³-hybridized carbons (Fsp3) is 0.917. The number of rotatable bonds is 29. The van der Waals surface area contributed by atoms with E-state index in [2.05, 4.69) is 20.8 Å². The molecule has 3 fully saturated rings. The Labute approximate surface area is 272 Å². The van der Waals surface area contributed by atoms with Crippen molar-refractivity contribution in [2.75, 3.05) is 13.2 Å². The molecule has 0 aromatic heterocycles. The second kappa shape index (κ2) is 22.0. The molecule has 0 saturated carbocycles. The SMILES string of the molecule is C[C@@H]1OC1CCCCCCCC(=O)OCC(COC(=O)CCCCCCCC1O[C@H]1C)OC(=O)CCCCCCCC1O[C@H]1C. The van der Waals surface area contributed by atoms with Gasteiger partial charge in [-0.05, 0) is 59.3 Å². The highest BCUT2D eigenvalue weighted by molar-refractivity contribution is 5.71. The molecule has 0 spiro atoms. The van der Waals surface area contributed by atoms with E-state index >= 15 is 0 Å². The highest BCUT2D eigenvalue weighted by Gasteiger charge is 2.34. The quantitative estimate of drug-likeness (QED) is 0.0354. The van der Waals surface area contributed by atoms with Crippen molar-refractivity contribution in [3.8, 4) is 0 Å². The maximum atomic E-state index is 12.6. The molecule has 0 aromatic rings. The van der Waals surface area contributed by atoms with Gasteiger partial charge in [0.05, 0.1) is 36.6 Å². The van der Waals surface area contributed by atoms with Gasteiger partial charge in [0.2, 0.25) is 0 Å². The number of hydrogen-bond acceptors (Lipinski definition) is 9. The lowest BCUT2D eigenvalue weighted by atomic mass is 10.1. The number of carbonyl (C=O) groups excluding carboxylic acids is 3. The summed E-state index contributed by atoms with van der Waals surface area (Å²) in [5.41, 5.74) is 0. The average molecular weight is 639 g/mol. The lowest BCUT2D eigenvalue weighted by Crippen LogP contribution is -2.30. The Hall–Kier alpha value is -1.71. The predicted octanol–water partition coefficient (Wildman–Crippen LogP) is 7.54. The topological polar surface area (TPSA) is 116 Å². The summed E-state index contributed by atoms with van der Waals surface area (Å²) < 4.78 is 32.8.